The first-order chi connectivity index (χ1) is 9.88. The fraction of sp³-hybridized carbons (Fsp3) is 0.467. The lowest BCUT2D eigenvalue weighted by Gasteiger charge is -2.21. The fourth-order valence-corrected chi connectivity index (χ4v) is 1.86. The summed E-state index contributed by atoms with van der Waals surface area (Å²) in [5, 5.41) is 2.53. The Balaban J connectivity index is 2.76. The van der Waals surface area contributed by atoms with E-state index in [1.807, 2.05) is 6.92 Å². The van der Waals surface area contributed by atoms with Gasteiger partial charge >= 0.3 is 5.97 Å². The lowest BCUT2D eigenvalue weighted by atomic mass is 9.99. The van der Waals surface area contributed by atoms with Crippen molar-refractivity contribution in [2.75, 3.05) is 7.11 Å². The second-order valence-corrected chi connectivity index (χ2v) is 4.87. The minimum atomic E-state index is -0.789. The highest BCUT2D eigenvalue weighted by atomic mass is 19.1. The second-order valence-electron chi connectivity index (χ2n) is 4.87. The van der Waals surface area contributed by atoms with Crippen molar-refractivity contribution in [3.05, 3.63) is 35.4 Å². The molecule has 0 aliphatic heterocycles. The van der Waals surface area contributed by atoms with Crippen LogP contribution < -0.4 is 5.32 Å². The van der Waals surface area contributed by atoms with E-state index in [0.29, 0.717) is 6.42 Å². The molecule has 0 aliphatic rings. The van der Waals surface area contributed by atoms with Crippen LogP contribution in [-0.2, 0) is 20.7 Å². The van der Waals surface area contributed by atoms with Crippen molar-refractivity contribution in [2.45, 2.75) is 32.7 Å². The molecule has 1 aromatic carbocycles. The van der Waals surface area contributed by atoms with Crippen LogP contribution >= 0.6 is 0 Å². The Labute approximate surface area is 122 Å². The topological polar surface area (TPSA) is 55.4 Å². The zero-order valence-corrected chi connectivity index (χ0v) is 12.3. The van der Waals surface area contributed by atoms with E-state index in [2.05, 4.69) is 10.1 Å². The first-order valence-corrected chi connectivity index (χ1v) is 6.70. The van der Waals surface area contributed by atoms with Crippen molar-refractivity contribution in [1.82, 2.24) is 5.32 Å². The number of halogens is 2. The van der Waals surface area contributed by atoms with Crippen molar-refractivity contribution in [3.8, 4) is 0 Å². The summed E-state index contributed by atoms with van der Waals surface area (Å²) in [6.07, 6.45) is 0.404. The van der Waals surface area contributed by atoms with Crippen LogP contribution in [0.15, 0.2) is 18.2 Å². The Hall–Kier alpha value is -1.98. The number of carbonyl (C=O) groups excluding carboxylic acids is 2. The SMILES string of the molecule is CC[C@@H](C)[C@@H](NC(=O)Cc1ccc(F)cc1F)C(=O)OC. The molecule has 116 valence electrons. The Kier molecular flexibility index (Phi) is 6.27. The zero-order chi connectivity index (χ0) is 16.0. The molecule has 1 aromatic rings. The predicted molar refractivity (Wildman–Crippen MR) is 73.5 cm³/mol. The van der Waals surface area contributed by atoms with Crippen LogP contribution in [0.1, 0.15) is 25.8 Å². The molecular weight excluding hydrogens is 280 g/mol. The molecule has 0 bridgehead atoms. The van der Waals surface area contributed by atoms with Gasteiger partial charge in [0, 0.05) is 6.07 Å². The summed E-state index contributed by atoms with van der Waals surface area (Å²) in [5.41, 5.74) is 0.0710. The van der Waals surface area contributed by atoms with Gasteiger partial charge in [-0.2, -0.15) is 0 Å². The first kappa shape index (κ1) is 17.1. The summed E-state index contributed by atoms with van der Waals surface area (Å²) < 4.78 is 30.9. The summed E-state index contributed by atoms with van der Waals surface area (Å²) in [4.78, 5) is 23.6. The summed E-state index contributed by atoms with van der Waals surface area (Å²) in [6, 6.07) is 2.23. The predicted octanol–water partition coefficient (Wildman–Crippen LogP) is 2.21. The van der Waals surface area contributed by atoms with Gasteiger partial charge in [-0.25, -0.2) is 13.6 Å². The molecule has 4 nitrogen and oxygen atoms in total. The zero-order valence-electron chi connectivity index (χ0n) is 12.3. The number of benzene rings is 1. The summed E-state index contributed by atoms with van der Waals surface area (Å²) >= 11 is 0. The van der Waals surface area contributed by atoms with Crippen LogP contribution in [0.3, 0.4) is 0 Å². The Morgan fingerprint density at radius 3 is 2.52 bits per heavy atom. The first-order valence-electron chi connectivity index (χ1n) is 6.70. The van der Waals surface area contributed by atoms with Gasteiger partial charge in [0.25, 0.3) is 0 Å². The normalized spacial score (nSPS) is 13.4. The number of amides is 1. The highest BCUT2D eigenvalue weighted by molar-refractivity contribution is 5.85. The third-order valence-corrected chi connectivity index (χ3v) is 3.35. The maximum atomic E-state index is 13.5. The van der Waals surface area contributed by atoms with E-state index in [9.17, 15) is 18.4 Å². The quantitative estimate of drug-likeness (QED) is 0.819. The number of hydrogen-bond acceptors (Lipinski definition) is 3. The van der Waals surface area contributed by atoms with Gasteiger partial charge in [-0.05, 0) is 17.5 Å². The van der Waals surface area contributed by atoms with E-state index in [1.54, 1.807) is 6.92 Å². The number of rotatable bonds is 6. The fourth-order valence-electron chi connectivity index (χ4n) is 1.86. The average molecular weight is 299 g/mol. The lowest BCUT2D eigenvalue weighted by Crippen LogP contribution is -2.46. The van der Waals surface area contributed by atoms with E-state index >= 15 is 0 Å². The number of carbonyl (C=O) groups is 2. The molecule has 1 amide bonds. The number of hydrogen-bond donors (Lipinski definition) is 1. The van der Waals surface area contributed by atoms with Crippen LogP contribution in [0, 0.1) is 17.6 Å². The standard InChI is InChI=1S/C15H19F2NO3/c1-4-9(2)14(15(20)21-3)18-13(19)7-10-5-6-11(16)8-12(10)17/h5-6,8-9,14H,4,7H2,1-3H3,(H,18,19)/t9-,14-/m1/s1. The lowest BCUT2D eigenvalue weighted by molar-refractivity contribution is -0.146. The molecule has 0 heterocycles. The smallest absolute Gasteiger partial charge is 0.328 e. The van der Waals surface area contributed by atoms with E-state index in [0.717, 1.165) is 12.1 Å². The van der Waals surface area contributed by atoms with Crippen molar-refractivity contribution in [1.29, 1.82) is 0 Å². The molecule has 6 heteroatoms. The molecule has 0 aromatic heterocycles. The third kappa shape index (κ3) is 4.81. The highest BCUT2D eigenvalue weighted by Gasteiger charge is 2.26. The van der Waals surface area contributed by atoms with E-state index < -0.39 is 29.6 Å². The van der Waals surface area contributed by atoms with E-state index in [1.165, 1.54) is 13.2 Å². The van der Waals surface area contributed by atoms with Crippen LogP contribution in [0.5, 0.6) is 0 Å². The van der Waals surface area contributed by atoms with Gasteiger partial charge < -0.3 is 10.1 Å². The van der Waals surface area contributed by atoms with Gasteiger partial charge in [0.2, 0.25) is 5.91 Å². The number of ether oxygens (including phenoxy) is 1. The van der Waals surface area contributed by atoms with Gasteiger partial charge in [0.1, 0.15) is 17.7 Å². The number of nitrogens with one attached hydrogen (secondary N) is 1. The summed E-state index contributed by atoms with van der Waals surface area (Å²) in [5.74, 6) is -2.67. The van der Waals surface area contributed by atoms with Crippen molar-refractivity contribution in [2.24, 2.45) is 5.92 Å². The molecule has 1 N–H and O–H groups in total. The number of methoxy groups -OCH3 is 1. The van der Waals surface area contributed by atoms with Crippen LogP contribution in [0.2, 0.25) is 0 Å². The van der Waals surface area contributed by atoms with Crippen molar-refractivity contribution in [3.63, 3.8) is 0 Å². The molecule has 0 saturated heterocycles. The second kappa shape index (κ2) is 7.71. The molecule has 1 rings (SSSR count). The minimum Gasteiger partial charge on any atom is -0.467 e. The average Bonchev–Trinajstić information content (AvgIpc) is 2.46. The van der Waals surface area contributed by atoms with Gasteiger partial charge in [0.15, 0.2) is 0 Å². The minimum absolute atomic E-state index is 0.0710. The molecule has 0 aliphatic carbocycles. The maximum absolute atomic E-state index is 13.5. The highest BCUT2D eigenvalue weighted by Crippen LogP contribution is 2.12. The molecule has 2 atom stereocenters. The van der Waals surface area contributed by atoms with Crippen LogP contribution in [0.4, 0.5) is 8.78 Å². The van der Waals surface area contributed by atoms with E-state index in [-0.39, 0.29) is 17.9 Å². The molecule has 0 radical (unpaired) electrons. The van der Waals surface area contributed by atoms with E-state index in [4.69, 9.17) is 0 Å². The molecule has 0 saturated carbocycles. The van der Waals surface area contributed by atoms with Crippen LogP contribution in [-0.4, -0.2) is 25.0 Å². The van der Waals surface area contributed by atoms with Crippen molar-refractivity contribution >= 4 is 11.9 Å². The molecule has 0 fully saturated rings. The largest absolute Gasteiger partial charge is 0.467 e. The van der Waals surface area contributed by atoms with Crippen LogP contribution in [0.25, 0.3) is 0 Å². The van der Waals surface area contributed by atoms with Gasteiger partial charge in [-0.1, -0.05) is 26.3 Å². The summed E-state index contributed by atoms with van der Waals surface area (Å²) in [7, 11) is 1.24. The molecule has 0 spiro atoms. The van der Waals surface area contributed by atoms with Gasteiger partial charge in [-0.3, -0.25) is 4.79 Å². The van der Waals surface area contributed by atoms with Crippen molar-refractivity contribution < 1.29 is 23.1 Å². The Morgan fingerprint density at radius 1 is 1.33 bits per heavy atom. The van der Waals surface area contributed by atoms with Gasteiger partial charge in [-0.15, -0.1) is 0 Å². The molecular formula is C15H19F2NO3. The molecule has 0 unspecified atom stereocenters. The Bertz CT molecular complexity index is 520. The maximum Gasteiger partial charge on any atom is 0.328 e. The number of esters is 1. The molecule has 21 heavy (non-hydrogen) atoms. The van der Waals surface area contributed by atoms with Gasteiger partial charge in [0.05, 0.1) is 13.5 Å². The third-order valence-electron chi connectivity index (χ3n) is 3.35. The monoisotopic (exact) mass is 299 g/mol. The Morgan fingerprint density at radius 2 is 2.00 bits per heavy atom. The summed E-state index contributed by atoms with van der Waals surface area (Å²) in [6.45, 7) is 3.69.